The fourth-order valence-electron chi connectivity index (χ4n) is 3.10. The predicted octanol–water partition coefficient (Wildman–Crippen LogP) is 2.29. The molecule has 26 heavy (non-hydrogen) atoms. The van der Waals surface area contributed by atoms with E-state index in [1.165, 1.54) is 12.1 Å². The maximum atomic E-state index is 11.4. The van der Waals surface area contributed by atoms with Gasteiger partial charge in [-0.1, -0.05) is 12.1 Å². The number of sulfonamides is 1. The number of hydrogen-bond acceptors (Lipinski definition) is 5. The molecule has 0 aliphatic carbocycles. The monoisotopic (exact) mass is 368 g/mol. The molecule has 8 heteroatoms. The minimum Gasteiger partial charge on any atom is -0.497 e. The molecule has 2 N–H and O–H groups in total. The van der Waals surface area contributed by atoms with Gasteiger partial charge in [0.2, 0.25) is 10.0 Å². The summed E-state index contributed by atoms with van der Waals surface area (Å²) in [7, 11) is -2.07. The van der Waals surface area contributed by atoms with Gasteiger partial charge in [-0.05, 0) is 35.9 Å². The van der Waals surface area contributed by atoms with Gasteiger partial charge in [-0.25, -0.2) is 13.6 Å². The summed E-state index contributed by atoms with van der Waals surface area (Å²) in [5, 5.41) is 15.2. The lowest BCUT2D eigenvalue weighted by molar-refractivity contribution is 0.415. The summed E-state index contributed by atoms with van der Waals surface area (Å²) in [5.41, 5.74) is 2.91. The first-order valence-corrected chi connectivity index (χ1v) is 9.40. The van der Waals surface area contributed by atoms with Crippen molar-refractivity contribution in [3.05, 3.63) is 60.4 Å². The number of primary sulfonamides is 1. The van der Waals surface area contributed by atoms with Gasteiger partial charge in [0.25, 0.3) is 0 Å². The lowest BCUT2D eigenvalue weighted by Gasteiger charge is -2.08. The van der Waals surface area contributed by atoms with E-state index in [9.17, 15) is 8.42 Å². The van der Waals surface area contributed by atoms with Crippen LogP contribution < -0.4 is 9.88 Å². The van der Waals surface area contributed by atoms with Gasteiger partial charge in [-0.15, -0.1) is 0 Å². The molecule has 4 aromatic rings. The highest BCUT2D eigenvalue weighted by Gasteiger charge is 2.13. The van der Waals surface area contributed by atoms with Crippen molar-refractivity contribution in [1.29, 1.82) is 0 Å². The molecule has 0 radical (unpaired) electrons. The summed E-state index contributed by atoms with van der Waals surface area (Å²) in [6, 6.07) is 12.4. The second kappa shape index (κ2) is 6.08. The minimum atomic E-state index is -3.70. The smallest absolute Gasteiger partial charge is 0.238 e. The summed E-state index contributed by atoms with van der Waals surface area (Å²) < 4.78 is 30.3. The molecule has 132 valence electrons. The molecule has 2 aromatic carbocycles. The average Bonchev–Trinajstić information content (AvgIpc) is 2.95. The van der Waals surface area contributed by atoms with E-state index < -0.39 is 10.0 Å². The molecule has 0 aliphatic rings. The number of aromatic nitrogens is 3. The Morgan fingerprint density at radius 2 is 1.73 bits per heavy atom. The highest BCUT2D eigenvalue weighted by molar-refractivity contribution is 7.89. The van der Waals surface area contributed by atoms with E-state index in [0.717, 1.165) is 33.1 Å². The third kappa shape index (κ3) is 2.79. The summed E-state index contributed by atoms with van der Waals surface area (Å²) in [4.78, 5) is 0.0964. The highest BCUT2D eigenvalue weighted by atomic mass is 32.2. The van der Waals surface area contributed by atoms with Crippen molar-refractivity contribution >= 4 is 31.8 Å². The van der Waals surface area contributed by atoms with Crippen molar-refractivity contribution in [2.24, 2.45) is 5.14 Å². The van der Waals surface area contributed by atoms with Crippen LogP contribution in [0.15, 0.2) is 59.8 Å². The van der Waals surface area contributed by atoms with Crippen LogP contribution in [0.4, 0.5) is 0 Å². The van der Waals surface area contributed by atoms with Crippen LogP contribution in [0.2, 0.25) is 0 Å². The topological polar surface area (TPSA) is 100 Å². The van der Waals surface area contributed by atoms with Crippen LogP contribution in [-0.4, -0.2) is 30.3 Å². The molecule has 0 atom stereocenters. The zero-order chi connectivity index (χ0) is 18.3. The Bertz CT molecular complexity index is 1210. The predicted molar refractivity (Wildman–Crippen MR) is 98.5 cm³/mol. The molecule has 0 fully saturated rings. The van der Waals surface area contributed by atoms with Crippen LogP contribution in [0.5, 0.6) is 5.75 Å². The summed E-state index contributed by atoms with van der Waals surface area (Å²) in [6.07, 6.45) is 3.46. The summed E-state index contributed by atoms with van der Waals surface area (Å²) >= 11 is 0. The van der Waals surface area contributed by atoms with E-state index in [4.69, 9.17) is 9.88 Å². The number of benzene rings is 2. The first-order chi connectivity index (χ1) is 12.5. The van der Waals surface area contributed by atoms with Gasteiger partial charge < -0.3 is 9.30 Å². The number of hydrogen-bond donors (Lipinski definition) is 1. The molecule has 0 saturated heterocycles. The van der Waals surface area contributed by atoms with Gasteiger partial charge in [-0.3, -0.25) is 0 Å². The summed E-state index contributed by atoms with van der Waals surface area (Å²) in [6.45, 7) is 0.558. The first-order valence-electron chi connectivity index (χ1n) is 7.86. The van der Waals surface area contributed by atoms with Gasteiger partial charge in [0.05, 0.1) is 29.9 Å². The molecular weight excluding hydrogens is 352 g/mol. The maximum absolute atomic E-state index is 11.4. The zero-order valence-corrected chi connectivity index (χ0v) is 14.8. The molecule has 0 bridgehead atoms. The maximum Gasteiger partial charge on any atom is 0.238 e. The van der Waals surface area contributed by atoms with E-state index >= 15 is 0 Å². The van der Waals surface area contributed by atoms with Gasteiger partial charge >= 0.3 is 0 Å². The Labute approximate surface area is 150 Å². The van der Waals surface area contributed by atoms with E-state index in [1.807, 2.05) is 18.2 Å². The molecule has 0 saturated carbocycles. The fourth-order valence-corrected chi connectivity index (χ4v) is 3.61. The molecule has 0 unspecified atom stereocenters. The van der Waals surface area contributed by atoms with Crippen LogP contribution >= 0.6 is 0 Å². The van der Waals surface area contributed by atoms with Crippen LogP contribution in [0, 0.1) is 0 Å². The van der Waals surface area contributed by atoms with Crippen LogP contribution in [-0.2, 0) is 16.6 Å². The lowest BCUT2D eigenvalue weighted by atomic mass is 10.2. The van der Waals surface area contributed by atoms with E-state index in [-0.39, 0.29) is 4.90 Å². The zero-order valence-electron chi connectivity index (χ0n) is 14.0. The molecule has 7 nitrogen and oxygen atoms in total. The number of nitrogens with two attached hydrogens (primary N) is 1. The van der Waals surface area contributed by atoms with Crippen molar-refractivity contribution in [3.63, 3.8) is 0 Å². The Hall–Kier alpha value is -2.97. The fraction of sp³-hybridized carbons (Fsp3) is 0.111. The van der Waals surface area contributed by atoms with Crippen LogP contribution in [0.1, 0.15) is 5.56 Å². The highest BCUT2D eigenvalue weighted by Crippen LogP contribution is 2.31. The number of rotatable bonds is 4. The second-order valence-electron chi connectivity index (χ2n) is 5.95. The Morgan fingerprint density at radius 1 is 1.00 bits per heavy atom. The second-order valence-corrected chi connectivity index (χ2v) is 7.51. The Balaban J connectivity index is 1.85. The first kappa shape index (κ1) is 16.5. The lowest BCUT2D eigenvalue weighted by Crippen LogP contribution is -2.12. The van der Waals surface area contributed by atoms with E-state index in [0.29, 0.717) is 6.54 Å². The molecule has 0 aliphatic heterocycles. The minimum absolute atomic E-state index is 0.0964. The van der Waals surface area contributed by atoms with Gasteiger partial charge in [0, 0.05) is 22.8 Å². The largest absolute Gasteiger partial charge is 0.497 e. The standard InChI is InChI=1S/C18H16N4O3S/c1-25-13-4-7-17-15(8-13)16-9-20-21-10-18(16)22(17)11-12-2-5-14(6-3-12)26(19,23)24/h2-10H,11H2,1H3,(H2,19,23,24). The molecule has 4 rings (SSSR count). The van der Waals surface area contributed by atoms with Crippen LogP contribution in [0.3, 0.4) is 0 Å². The molecule has 0 amide bonds. The molecule has 2 aromatic heterocycles. The van der Waals surface area contributed by atoms with Crippen molar-refractivity contribution in [2.45, 2.75) is 11.4 Å². The Morgan fingerprint density at radius 3 is 2.42 bits per heavy atom. The number of fused-ring (bicyclic) bond motifs is 3. The molecular formula is C18H16N4O3S. The van der Waals surface area contributed by atoms with Crippen molar-refractivity contribution in [3.8, 4) is 5.75 Å². The third-order valence-electron chi connectivity index (χ3n) is 4.38. The number of methoxy groups -OCH3 is 1. The van der Waals surface area contributed by atoms with Crippen LogP contribution in [0.25, 0.3) is 21.8 Å². The number of nitrogens with zero attached hydrogens (tertiary/aromatic N) is 3. The SMILES string of the molecule is COc1ccc2c(c1)c1cnncc1n2Cc1ccc(S(N)(=O)=O)cc1. The van der Waals surface area contributed by atoms with Gasteiger partial charge in [-0.2, -0.15) is 10.2 Å². The summed E-state index contributed by atoms with van der Waals surface area (Å²) in [5.74, 6) is 0.769. The van der Waals surface area contributed by atoms with Crippen molar-refractivity contribution in [2.75, 3.05) is 7.11 Å². The van der Waals surface area contributed by atoms with Gasteiger partial charge in [0.15, 0.2) is 0 Å². The third-order valence-corrected chi connectivity index (χ3v) is 5.31. The molecule has 0 spiro atoms. The van der Waals surface area contributed by atoms with E-state index in [2.05, 4.69) is 14.8 Å². The molecule has 2 heterocycles. The van der Waals surface area contributed by atoms with Gasteiger partial charge in [0.1, 0.15) is 5.75 Å². The van der Waals surface area contributed by atoms with Crippen molar-refractivity contribution in [1.82, 2.24) is 14.8 Å². The Kier molecular flexibility index (Phi) is 3.86. The normalized spacial score (nSPS) is 11.9. The average molecular weight is 368 g/mol. The van der Waals surface area contributed by atoms with E-state index in [1.54, 1.807) is 31.6 Å². The number of ether oxygens (including phenoxy) is 1. The quantitative estimate of drug-likeness (QED) is 0.596. The van der Waals surface area contributed by atoms with Crippen molar-refractivity contribution < 1.29 is 13.2 Å².